The van der Waals surface area contributed by atoms with Crippen LogP contribution in [0.5, 0.6) is 0 Å². The molecule has 5 heteroatoms. The third kappa shape index (κ3) is 5.92. The van der Waals surface area contributed by atoms with Gasteiger partial charge in [-0.05, 0) is 25.2 Å². The largest absolute Gasteiger partial charge is 0.409 e. The Bertz CT molecular complexity index is 217. The Morgan fingerprint density at radius 3 is 2.94 bits per heavy atom. The number of nitrogens with one attached hydrogen (secondary N) is 1. The number of oxime groups is 1. The van der Waals surface area contributed by atoms with Crippen molar-refractivity contribution in [2.24, 2.45) is 16.8 Å². The Hall–Kier alpha value is -0.810. The highest BCUT2D eigenvalue weighted by atomic mass is 16.5. The smallest absolute Gasteiger partial charge is 0.140 e. The number of ether oxygens (including phenoxy) is 1. The molecule has 1 rings (SSSR count). The average Bonchev–Trinajstić information content (AvgIpc) is 3.10. The first kappa shape index (κ1) is 13.3. The molecule has 1 aliphatic rings. The van der Waals surface area contributed by atoms with Crippen molar-refractivity contribution < 1.29 is 9.94 Å². The van der Waals surface area contributed by atoms with Gasteiger partial charge in [0, 0.05) is 25.6 Å². The maximum absolute atomic E-state index is 8.47. The quantitative estimate of drug-likeness (QED) is 0.180. The molecule has 4 N–H and O–H groups in total. The highest BCUT2D eigenvalue weighted by molar-refractivity contribution is 5.80. The fourth-order valence-corrected chi connectivity index (χ4v) is 1.52. The molecule has 0 radical (unpaired) electrons. The Labute approximate surface area is 97.0 Å². The molecular formula is C11H23N3O2. The van der Waals surface area contributed by atoms with Crippen molar-refractivity contribution in [2.75, 3.05) is 19.8 Å². The Kier molecular flexibility index (Phi) is 6.18. The normalized spacial score (nSPS) is 18.7. The standard InChI is InChI=1S/C11H23N3O2/c1-2-10(7-11(12)14-15)13-5-6-16-8-9-3-4-9/h9-10,13,15H,2-8H2,1H3,(H2,12,14). The van der Waals surface area contributed by atoms with E-state index in [1.165, 1.54) is 12.8 Å². The maximum atomic E-state index is 8.47. The van der Waals surface area contributed by atoms with Gasteiger partial charge in [-0.1, -0.05) is 12.1 Å². The molecule has 0 spiro atoms. The summed E-state index contributed by atoms with van der Waals surface area (Å²) in [6, 6.07) is 0.264. The van der Waals surface area contributed by atoms with E-state index in [4.69, 9.17) is 15.7 Å². The molecule has 1 aliphatic carbocycles. The lowest BCUT2D eigenvalue weighted by atomic mass is 10.1. The van der Waals surface area contributed by atoms with Crippen molar-refractivity contribution in [3.05, 3.63) is 0 Å². The summed E-state index contributed by atoms with van der Waals surface area (Å²) in [6.45, 7) is 4.54. The van der Waals surface area contributed by atoms with Gasteiger partial charge in [0.1, 0.15) is 5.84 Å². The molecule has 0 bridgehead atoms. The maximum Gasteiger partial charge on any atom is 0.140 e. The third-order valence-electron chi connectivity index (χ3n) is 2.81. The first-order valence-corrected chi connectivity index (χ1v) is 6.03. The van der Waals surface area contributed by atoms with E-state index in [1.807, 2.05) is 0 Å². The summed E-state index contributed by atoms with van der Waals surface area (Å²) in [4.78, 5) is 0. The highest BCUT2D eigenvalue weighted by Crippen LogP contribution is 2.28. The topological polar surface area (TPSA) is 79.9 Å². The zero-order chi connectivity index (χ0) is 11.8. The van der Waals surface area contributed by atoms with Crippen LogP contribution in [0.1, 0.15) is 32.6 Å². The summed E-state index contributed by atoms with van der Waals surface area (Å²) in [5.74, 6) is 1.09. The van der Waals surface area contributed by atoms with Gasteiger partial charge in [-0.25, -0.2) is 0 Å². The minimum absolute atomic E-state index is 0.264. The minimum Gasteiger partial charge on any atom is -0.409 e. The highest BCUT2D eigenvalue weighted by Gasteiger charge is 2.20. The summed E-state index contributed by atoms with van der Waals surface area (Å²) in [6.07, 6.45) is 4.19. The summed E-state index contributed by atoms with van der Waals surface area (Å²) in [5.41, 5.74) is 5.46. The summed E-state index contributed by atoms with van der Waals surface area (Å²) >= 11 is 0. The first-order chi connectivity index (χ1) is 7.76. The summed E-state index contributed by atoms with van der Waals surface area (Å²) in [5, 5.41) is 14.8. The molecule has 1 fully saturated rings. The number of hydrogen-bond acceptors (Lipinski definition) is 4. The molecule has 0 aromatic carbocycles. The van der Waals surface area contributed by atoms with Crippen LogP contribution in [-0.2, 0) is 4.74 Å². The van der Waals surface area contributed by atoms with Gasteiger partial charge in [0.2, 0.25) is 0 Å². The molecular weight excluding hydrogens is 206 g/mol. The van der Waals surface area contributed by atoms with Gasteiger partial charge in [0.25, 0.3) is 0 Å². The van der Waals surface area contributed by atoms with E-state index in [9.17, 15) is 0 Å². The first-order valence-electron chi connectivity index (χ1n) is 6.03. The van der Waals surface area contributed by atoms with Gasteiger partial charge >= 0.3 is 0 Å². The van der Waals surface area contributed by atoms with E-state index in [1.54, 1.807) is 0 Å². The zero-order valence-corrected chi connectivity index (χ0v) is 9.98. The third-order valence-corrected chi connectivity index (χ3v) is 2.81. The molecule has 16 heavy (non-hydrogen) atoms. The average molecular weight is 229 g/mol. The molecule has 0 saturated heterocycles. The number of nitrogens with zero attached hydrogens (tertiary/aromatic N) is 1. The van der Waals surface area contributed by atoms with Crippen LogP contribution in [0.4, 0.5) is 0 Å². The molecule has 1 atom stereocenters. The molecule has 1 unspecified atom stereocenters. The van der Waals surface area contributed by atoms with E-state index in [0.717, 1.165) is 32.1 Å². The van der Waals surface area contributed by atoms with Crippen LogP contribution in [0, 0.1) is 5.92 Å². The van der Waals surface area contributed by atoms with Gasteiger partial charge in [-0.15, -0.1) is 0 Å². The predicted octanol–water partition coefficient (Wildman–Crippen LogP) is 0.918. The lowest BCUT2D eigenvalue weighted by molar-refractivity contribution is 0.124. The van der Waals surface area contributed by atoms with Crippen molar-refractivity contribution in [2.45, 2.75) is 38.6 Å². The van der Waals surface area contributed by atoms with Crippen LogP contribution in [0.2, 0.25) is 0 Å². The second kappa shape index (κ2) is 7.46. The molecule has 0 aromatic rings. The van der Waals surface area contributed by atoms with E-state index < -0.39 is 0 Å². The van der Waals surface area contributed by atoms with Crippen LogP contribution in [0.3, 0.4) is 0 Å². The van der Waals surface area contributed by atoms with Gasteiger partial charge in [0.15, 0.2) is 0 Å². The van der Waals surface area contributed by atoms with Crippen molar-refractivity contribution in [3.63, 3.8) is 0 Å². The van der Waals surface area contributed by atoms with Crippen molar-refractivity contribution in [1.82, 2.24) is 5.32 Å². The number of hydrogen-bond donors (Lipinski definition) is 3. The molecule has 0 aliphatic heterocycles. The minimum atomic E-state index is 0.264. The SMILES string of the molecule is CCC(CC(N)=NO)NCCOCC1CC1. The number of rotatable bonds is 9. The number of amidine groups is 1. The summed E-state index contributed by atoms with van der Waals surface area (Å²) < 4.78 is 5.51. The van der Waals surface area contributed by atoms with E-state index in [2.05, 4.69) is 17.4 Å². The molecule has 94 valence electrons. The van der Waals surface area contributed by atoms with Gasteiger partial charge < -0.3 is 21.0 Å². The second-order valence-electron chi connectivity index (χ2n) is 4.37. The van der Waals surface area contributed by atoms with Crippen LogP contribution in [-0.4, -0.2) is 36.8 Å². The van der Waals surface area contributed by atoms with Crippen molar-refractivity contribution in [3.8, 4) is 0 Å². The Morgan fingerprint density at radius 2 is 2.38 bits per heavy atom. The monoisotopic (exact) mass is 229 g/mol. The molecule has 5 nitrogen and oxygen atoms in total. The molecule has 0 heterocycles. The fourth-order valence-electron chi connectivity index (χ4n) is 1.52. The number of nitrogens with two attached hydrogens (primary N) is 1. The second-order valence-corrected chi connectivity index (χ2v) is 4.37. The van der Waals surface area contributed by atoms with Crippen LogP contribution in [0.25, 0.3) is 0 Å². The van der Waals surface area contributed by atoms with Gasteiger partial charge in [-0.2, -0.15) is 0 Å². The van der Waals surface area contributed by atoms with Crippen LogP contribution < -0.4 is 11.1 Å². The summed E-state index contributed by atoms with van der Waals surface area (Å²) in [7, 11) is 0. The van der Waals surface area contributed by atoms with Gasteiger partial charge in [-0.3, -0.25) is 0 Å². The molecule has 1 saturated carbocycles. The zero-order valence-electron chi connectivity index (χ0n) is 9.98. The molecule has 0 aromatic heterocycles. The van der Waals surface area contributed by atoms with Crippen molar-refractivity contribution in [1.29, 1.82) is 0 Å². The van der Waals surface area contributed by atoms with Crippen LogP contribution >= 0.6 is 0 Å². The van der Waals surface area contributed by atoms with E-state index in [0.29, 0.717) is 6.42 Å². The van der Waals surface area contributed by atoms with Crippen molar-refractivity contribution >= 4 is 5.84 Å². The lowest BCUT2D eigenvalue weighted by Gasteiger charge is -2.15. The Morgan fingerprint density at radius 1 is 1.62 bits per heavy atom. The predicted molar refractivity (Wildman–Crippen MR) is 63.7 cm³/mol. The van der Waals surface area contributed by atoms with Gasteiger partial charge in [0.05, 0.1) is 6.61 Å². The molecule has 0 amide bonds. The van der Waals surface area contributed by atoms with E-state index in [-0.39, 0.29) is 11.9 Å². The Balaban J connectivity index is 1.98. The van der Waals surface area contributed by atoms with Crippen LogP contribution in [0.15, 0.2) is 5.16 Å². The van der Waals surface area contributed by atoms with E-state index >= 15 is 0 Å². The lowest BCUT2D eigenvalue weighted by Crippen LogP contribution is -2.35. The fraction of sp³-hybridized carbons (Fsp3) is 0.909.